The molecule has 3 aromatic rings. The third-order valence-corrected chi connectivity index (χ3v) is 7.01. The molecule has 0 saturated carbocycles. The SMILES string of the molecule is CCCOC(=O)c1c(NC(=O)c2ccc(Cn3nc(C(F)(F)F)cc3C)o2)sc2c1CCC(C)C2. The second-order valence-corrected chi connectivity index (χ2v) is 9.84. The molecule has 3 heterocycles. The first-order valence-electron chi connectivity index (χ1n) is 11.4. The van der Waals surface area contributed by atoms with Crippen LogP contribution in [0.25, 0.3) is 0 Å². The van der Waals surface area contributed by atoms with Gasteiger partial charge in [0.1, 0.15) is 10.8 Å². The summed E-state index contributed by atoms with van der Waals surface area (Å²) in [5.74, 6) is -0.268. The van der Waals surface area contributed by atoms with Crippen molar-refractivity contribution in [2.24, 2.45) is 5.92 Å². The number of alkyl halides is 3. The van der Waals surface area contributed by atoms with Gasteiger partial charge in [-0.25, -0.2) is 4.79 Å². The van der Waals surface area contributed by atoms with E-state index in [0.29, 0.717) is 28.6 Å². The Labute approximate surface area is 204 Å². The number of nitrogens with one attached hydrogen (secondary N) is 1. The minimum absolute atomic E-state index is 0.0199. The topological polar surface area (TPSA) is 86.4 Å². The van der Waals surface area contributed by atoms with E-state index < -0.39 is 23.7 Å². The highest BCUT2D eigenvalue weighted by molar-refractivity contribution is 7.17. The summed E-state index contributed by atoms with van der Waals surface area (Å²) >= 11 is 1.37. The summed E-state index contributed by atoms with van der Waals surface area (Å²) < 4.78 is 50.9. The number of amides is 1. The van der Waals surface area contributed by atoms with Crippen LogP contribution in [-0.2, 0) is 30.3 Å². The number of aromatic nitrogens is 2. The van der Waals surface area contributed by atoms with Crippen LogP contribution < -0.4 is 5.32 Å². The monoisotopic (exact) mass is 509 g/mol. The summed E-state index contributed by atoms with van der Waals surface area (Å²) in [6, 6.07) is 3.91. The molecule has 1 N–H and O–H groups in total. The molecule has 0 bridgehead atoms. The normalized spacial score (nSPS) is 15.7. The standard InChI is InChI=1S/C24H26F3N3O4S/c1-4-9-33-23(32)20-16-7-5-13(2)10-18(16)35-22(20)28-21(31)17-8-6-15(34-17)12-30-14(3)11-19(29-30)24(25,26)27/h6,8,11,13H,4-5,7,9-10,12H2,1-3H3,(H,28,31). The number of rotatable bonds is 7. The maximum Gasteiger partial charge on any atom is 0.435 e. The molecule has 1 aliphatic carbocycles. The number of fused-ring (bicyclic) bond motifs is 1. The summed E-state index contributed by atoms with van der Waals surface area (Å²) in [6.45, 7) is 5.80. The first-order chi connectivity index (χ1) is 16.6. The van der Waals surface area contributed by atoms with Gasteiger partial charge in [0.05, 0.1) is 18.7 Å². The zero-order chi connectivity index (χ0) is 25.3. The predicted molar refractivity (Wildman–Crippen MR) is 124 cm³/mol. The van der Waals surface area contributed by atoms with Crippen LogP contribution in [0.3, 0.4) is 0 Å². The maximum atomic E-state index is 12.9. The smallest absolute Gasteiger partial charge is 0.435 e. The molecule has 188 valence electrons. The second-order valence-electron chi connectivity index (χ2n) is 8.74. The van der Waals surface area contributed by atoms with Crippen LogP contribution in [-0.4, -0.2) is 28.3 Å². The minimum Gasteiger partial charge on any atom is -0.462 e. The predicted octanol–water partition coefficient (Wildman–Crippen LogP) is 5.86. The van der Waals surface area contributed by atoms with Gasteiger partial charge in [0, 0.05) is 10.6 Å². The van der Waals surface area contributed by atoms with Gasteiger partial charge in [0.15, 0.2) is 11.5 Å². The molecule has 1 atom stereocenters. The summed E-state index contributed by atoms with van der Waals surface area (Å²) in [4.78, 5) is 26.8. The lowest BCUT2D eigenvalue weighted by Gasteiger charge is -2.18. The summed E-state index contributed by atoms with van der Waals surface area (Å²) in [6.07, 6.45) is -1.33. The summed E-state index contributed by atoms with van der Waals surface area (Å²) in [5.41, 5.74) is 0.655. The zero-order valence-corrected chi connectivity index (χ0v) is 20.4. The van der Waals surface area contributed by atoms with Crippen molar-refractivity contribution in [1.82, 2.24) is 9.78 Å². The first-order valence-corrected chi connectivity index (χ1v) is 12.2. The Morgan fingerprint density at radius 3 is 2.80 bits per heavy atom. The number of halogens is 3. The largest absolute Gasteiger partial charge is 0.462 e. The van der Waals surface area contributed by atoms with Gasteiger partial charge in [-0.1, -0.05) is 13.8 Å². The highest BCUT2D eigenvalue weighted by Crippen LogP contribution is 2.40. The Morgan fingerprint density at radius 2 is 2.11 bits per heavy atom. The van der Waals surface area contributed by atoms with Gasteiger partial charge in [-0.05, 0) is 62.3 Å². The number of carbonyl (C=O) groups is 2. The molecule has 0 saturated heterocycles. The van der Waals surface area contributed by atoms with Crippen molar-refractivity contribution in [1.29, 1.82) is 0 Å². The van der Waals surface area contributed by atoms with E-state index in [1.165, 1.54) is 35.1 Å². The molecule has 1 unspecified atom stereocenters. The van der Waals surface area contributed by atoms with Crippen LogP contribution in [0, 0.1) is 12.8 Å². The van der Waals surface area contributed by atoms with Crippen LogP contribution in [0.1, 0.15) is 75.2 Å². The molecule has 3 aromatic heterocycles. The molecule has 11 heteroatoms. The van der Waals surface area contributed by atoms with E-state index in [9.17, 15) is 22.8 Å². The molecule has 0 aliphatic heterocycles. The Morgan fingerprint density at radius 1 is 1.34 bits per heavy atom. The number of ether oxygens (including phenoxy) is 1. The van der Waals surface area contributed by atoms with Crippen molar-refractivity contribution in [3.8, 4) is 0 Å². The van der Waals surface area contributed by atoms with Gasteiger partial charge < -0.3 is 14.5 Å². The van der Waals surface area contributed by atoms with Crippen LogP contribution in [0.4, 0.5) is 18.2 Å². The molecule has 35 heavy (non-hydrogen) atoms. The number of furan rings is 1. The number of aryl methyl sites for hydroxylation is 1. The van der Waals surface area contributed by atoms with E-state index in [0.717, 1.165) is 35.8 Å². The third-order valence-electron chi connectivity index (χ3n) is 5.84. The van der Waals surface area contributed by atoms with Crippen molar-refractivity contribution < 1.29 is 31.9 Å². The van der Waals surface area contributed by atoms with E-state index in [2.05, 4.69) is 17.3 Å². The maximum absolute atomic E-state index is 12.9. The Kier molecular flexibility index (Phi) is 7.07. The molecular formula is C24H26F3N3O4S. The van der Waals surface area contributed by atoms with Crippen LogP contribution in [0.5, 0.6) is 0 Å². The molecule has 0 spiro atoms. The average molecular weight is 510 g/mol. The first kappa shape index (κ1) is 25.0. The van der Waals surface area contributed by atoms with Gasteiger partial charge in [0.2, 0.25) is 0 Å². The van der Waals surface area contributed by atoms with Crippen LogP contribution >= 0.6 is 11.3 Å². The van der Waals surface area contributed by atoms with E-state index in [1.807, 2.05) is 6.92 Å². The van der Waals surface area contributed by atoms with Crippen molar-refractivity contribution in [2.45, 2.75) is 59.2 Å². The van der Waals surface area contributed by atoms with Crippen molar-refractivity contribution >= 4 is 28.2 Å². The Bertz CT molecular complexity index is 1240. The fourth-order valence-electron chi connectivity index (χ4n) is 4.03. The Balaban J connectivity index is 1.53. The van der Waals surface area contributed by atoms with E-state index in [1.54, 1.807) is 0 Å². The van der Waals surface area contributed by atoms with Gasteiger partial charge in [-0.15, -0.1) is 11.3 Å². The molecule has 0 radical (unpaired) electrons. The quantitative estimate of drug-likeness (QED) is 0.404. The minimum atomic E-state index is -4.54. The van der Waals surface area contributed by atoms with E-state index >= 15 is 0 Å². The molecule has 7 nitrogen and oxygen atoms in total. The summed E-state index contributed by atoms with van der Waals surface area (Å²) in [5, 5.41) is 6.78. The van der Waals surface area contributed by atoms with Crippen molar-refractivity contribution in [2.75, 3.05) is 11.9 Å². The third kappa shape index (κ3) is 5.44. The number of hydrogen-bond acceptors (Lipinski definition) is 6. The average Bonchev–Trinajstić information content (AvgIpc) is 3.49. The molecular weight excluding hydrogens is 483 g/mol. The van der Waals surface area contributed by atoms with Crippen molar-refractivity contribution in [3.63, 3.8) is 0 Å². The molecule has 0 fully saturated rings. The van der Waals surface area contributed by atoms with Gasteiger partial charge >= 0.3 is 12.1 Å². The lowest BCUT2D eigenvalue weighted by Crippen LogP contribution is -2.16. The number of thiophene rings is 1. The van der Waals surface area contributed by atoms with Gasteiger partial charge in [-0.2, -0.15) is 18.3 Å². The molecule has 0 aromatic carbocycles. The number of esters is 1. The summed E-state index contributed by atoms with van der Waals surface area (Å²) in [7, 11) is 0. The van der Waals surface area contributed by atoms with Crippen LogP contribution in [0.2, 0.25) is 0 Å². The van der Waals surface area contributed by atoms with Gasteiger partial charge in [-0.3, -0.25) is 9.48 Å². The lowest BCUT2D eigenvalue weighted by atomic mass is 9.88. The number of hydrogen-bond donors (Lipinski definition) is 1. The number of carbonyl (C=O) groups excluding carboxylic acids is 2. The molecule has 1 amide bonds. The van der Waals surface area contributed by atoms with Gasteiger partial charge in [0.25, 0.3) is 5.91 Å². The van der Waals surface area contributed by atoms with E-state index in [4.69, 9.17) is 9.15 Å². The zero-order valence-electron chi connectivity index (χ0n) is 19.6. The number of anilines is 1. The molecule has 4 rings (SSSR count). The fourth-order valence-corrected chi connectivity index (χ4v) is 5.42. The molecule has 1 aliphatic rings. The second kappa shape index (κ2) is 9.88. The number of nitrogens with zero attached hydrogens (tertiary/aromatic N) is 2. The highest BCUT2D eigenvalue weighted by atomic mass is 32.1. The Hall–Kier alpha value is -3.08. The van der Waals surface area contributed by atoms with E-state index in [-0.39, 0.29) is 24.7 Å². The van der Waals surface area contributed by atoms with Crippen molar-refractivity contribution in [3.05, 3.63) is 57.1 Å². The van der Waals surface area contributed by atoms with Crippen LogP contribution in [0.15, 0.2) is 22.6 Å². The highest BCUT2D eigenvalue weighted by Gasteiger charge is 2.34. The lowest BCUT2D eigenvalue weighted by molar-refractivity contribution is -0.141. The fraction of sp³-hybridized carbons (Fsp3) is 0.458.